The summed E-state index contributed by atoms with van der Waals surface area (Å²) in [7, 11) is 1.61. The molecule has 0 amide bonds. The maximum Gasteiger partial charge on any atom is 0.169 e. The van der Waals surface area contributed by atoms with Crippen molar-refractivity contribution in [1.29, 1.82) is 5.26 Å². The second kappa shape index (κ2) is 7.17. The van der Waals surface area contributed by atoms with Gasteiger partial charge in [-0.3, -0.25) is 0 Å². The van der Waals surface area contributed by atoms with Gasteiger partial charge in [0.2, 0.25) is 0 Å². The fourth-order valence-electron chi connectivity index (χ4n) is 1.67. The van der Waals surface area contributed by atoms with Gasteiger partial charge in [0.1, 0.15) is 18.1 Å². The van der Waals surface area contributed by atoms with Crippen LogP contribution >= 0.6 is 0 Å². The number of hydrogen-bond acceptors (Lipinski definition) is 5. The van der Waals surface area contributed by atoms with Crippen molar-refractivity contribution in [3.8, 4) is 29.1 Å². The lowest BCUT2D eigenvalue weighted by molar-refractivity contribution is 0.146. The standard InChI is InChI=1S/C16H15NO4/c1-19-7-8-20-13-3-2-4-14(10-13)21-16-6-5-12(11-17)9-15(16)18/h2-6,9-10,18H,7-8H2,1H3. The minimum atomic E-state index is -0.0836. The van der Waals surface area contributed by atoms with Gasteiger partial charge in [0, 0.05) is 19.2 Å². The number of aromatic hydroxyl groups is 1. The van der Waals surface area contributed by atoms with E-state index in [9.17, 15) is 5.11 Å². The molecule has 2 aromatic carbocycles. The fourth-order valence-corrected chi connectivity index (χ4v) is 1.67. The minimum Gasteiger partial charge on any atom is -0.504 e. The van der Waals surface area contributed by atoms with Crippen LogP contribution in [0.4, 0.5) is 0 Å². The van der Waals surface area contributed by atoms with Gasteiger partial charge in [0.05, 0.1) is 18.2 Å². The summed E-state index contributed by atoms with van der Waals surface area (Å²) < 4.78 is 16.0. The van der Waals surface area contributed by atoms with Gasteiger partial charge >= 0.3 is 0 Å². The predicted molar refractivity (Wildman–Crippen MR) is 76.7 cm³/mol. The summed E-state index contributed by atoms with van der Waals surface area (Å²) in [5.74, 6) is 1.38. The molecular weight excluding hydrogens is 270 g/mol. The first-order chi connectivity index (χ1) is 10.2. The van der Waals surface area contributed by atoms with Crippen LogP contribution in [-0.2, 0) is 4.74 Å². The molecule has 0 fully saturated rings. The monoisotopic (exact) mass is 285 g/mol. The molecule has 0 aliphatic carbocycles. The molecule has 0 unspecified atom stereocenters. The maximum absolute atomic E-state index is 9.80. The highest BCUT2D eigenvalue weighted by molar-refractivity contribution is 5.48. The third kappa shape index (κ3) is 4.13. The van der Waals surface area contributed by atoms with Crippen molar-refractivity contribution in [3.05, 3.63) is 48.0 Å². The molecule has 0 saturated carbocycles. The van der Waals surface area contributed by atoms with Crippen molar-refractivity contribution >= 4 is 0 Å². The van der Waals surface area contributed by atoms with E-state index >= 15 is 0 Å². The lowest BCUT2D eigenvalue weighted by Crippen LogP contribution is -2.04. The Hall–Kier alpha value is -2.71. The van der Waals surface area contributed by atoms with E-state index in [4.69, 9.17) is 19.5 Å². The van der Waals surface area contributed by atoms with Crippen LogP contribution in [0.25, 0.3) is 0 Å². The van der Waals surface area contributed by atoms with Crippen molar-refractivity contribution in [2.45, 2.75) is 0 Å². The minimum absolute atomic E-state index is 0.0836. The topological polar surface area (TPSA) is 71.7 Å². The Kier molecular flexibility index (Phi) is 5.02. The second-order valence-corrected chi connectivity index (χ2v) is 4.21. The molecule has 0 atom stereocenters. The summed E-state index contributed by atoms with van der Waals surface area (Å²) in [5.41, 5.74) is 0.372. The van der Waals surface area contributed by atoms with E-state index in [2.05, 4.69) is 0 Å². The quantitative estimate of drug-likeness (QED) is 0.826. The molecule has 5 nitrogen and oxygen atoms in total. The summed E-state index contributed by atoms with van der Waals surface area (Å²) in [6, 6.07) is 13.5. The number of phenols is 1. The number of methoxy groups -OCH3 is 1. The van der Waals surface area contributed by atoms with E-state index in [1.54, 1.807) is 43.5 Å². The number of ether oxygens (including phenoxy) is 3. The molecule has 0 spiro atoms. The molecule has 0 saturated heterocycles. The zero-order valence-corrected chi connectivity index (χ0v) is 11.6. The Balaban J connectivity index is 2.09. The van der Waals surface area contributed by atoms with Gasteiger partial charge in [-0.1, -0.05) is 6.07 Å². The number of benzene rings is 2. The van der Waals surface area contributed by atoms with Gasteiger partial charge in [-0.25, -0.2) is 0 Å². The first kappa shape index (κ1) is 14.7. The molecule has 0 radical (unpaired) electrons. The smallest absolute Gasteiger partial charge is 0.169 e. The van der Waals surface area contributed by atoms with Crippen LogP contribution in [0, 0.1) is 11.3 Å². The Labute approximate surface area is 122 Å². The Morgan fingerprint density at radius 2 is 1.90 bits per heavy atom. The fraction of sp³-hybridized carbons (Fsp3) is 0.188. The highest BCUT2D eigenvalue weighted by Gasteiger charge is 2.06. The van der Waals surface area contributed by atoms with E-state index in [0.717, 1.165) is 0 Å². The third-order valence-electron chi connectivity index (χ3n) is 2.68. The van der Waals surface area contributed by atoms with Crippen molar-refractivity contribution in [3.63, 3.8) is 0 Å². The molecule has 0 aromatic heterocycles. The Bertz CT molecular complexity index is 649. The van der Waals surface area contributed by atoms with Crippen LogP contribution in [0.5, 0.6) is 23.0 Å². The van der Waals surface area contributed by atoms with Crippen LogP contribution in [0.3, 0.4) is 0 Å². The lowest BCUT2D eigenvalue weighted by atomic mass is 10.2. The van der Waals surface area contributed by atoms with Crippen LogP contribution in [0.1, 0.15) is 5.56 Å². The van der Waals surface area contributed by atoms with Gasteiger partial charge in [-0.15, -0.1) is 0 Å². The van der Waals surface area contributed by atoms with E-state index in [1.165, 1.54) is 6.07 Å². The van der Waals surface area contributed by atoms with Crippen molar-refractivity contribution in [2.24, 2.45) is 0 Å². The van der Waals surface area contributed by atoms with E-state index in [-0.39, 0.29) is 11.5 Å². The van der Waals surface area contributed by atoms with E-state index < -0.39 is 0 Å². The zero-order chi connectivity index (χ0) is 15.1. The largest absolute Gasteiger partial charge is 0.504 e. The molecule has 0 aliphatic heterocycles. The summed E-state index contributed by atoms with van der Waals surface area (Å²) in [6.07, 6.45) is 0. The van der Waals surface area contributed by atoms with Crippen molar-refractivity contribution in [2.75, 3.05) is 20.3 Å². The Morgan fingerprint density at radius 3 is 2.62 bits per heavy atom. The van der Waals surface area contributed by atoms with E-state index in [0.29, 0.717) is 30.3 Å². The van der Waals surface area contributed by atoms with E-state index in [1.807, 2.05) is 6.07 Å². The maximum atomic E-state index is 9.80. The molecule has 1 N–H and O–H groups in total. The highest BCUT2D eigenvalue weighted by atomic mass is 16.5. The molecule has 0 bridgehead atoms. The summed E-state index contributed by atoms with van der Waals surface area (Å²) >= 11 is 0. The average Bonchev–Trinajstić information content (AvgIpc) is 2.50. The zero-order valence-electron chi connectivity index (χ0n) is 11.6. The molecular formula is C16H15NO4. The highest BCUT2D eigenvalue weighted by Crippen LogP contribution is 2.32. The SMILES string of the molecule is COCCOc1cccc(Oc2ccc(C#N)cc2O)c1. The molecule has 21 heavy (non-hydrogen) atoms. The van der Waals surface area contributed by atoms with Gasteiger partial charge < -0.3 is 19.3 Å². The molecule has 5 heteroatoms. The van der Waals surface area contributed by atoms with Crippen LogP contribution in [0.2, 0.25) is 0 Å². The summed E-state index contributed by atoms with van der Waals surface area (Å²) in [5, 5.41) is 18.6. The van der Waals surface area contributed by atoms with Crippen molar-refractivity contribution < 1.29 is 19.3 Å². The third-order valence-corrected chi connectivity index (χ3v) is 2.68. The summed E-state index contributed by atoms with van der Waals surface area (Å²) in [6.45, 7) is 0.948. The normalized spacial score (nSPS) is 9.90. The first-order valence-corrected chi connectivity index (χ1v) is 6.35. The number of nitrogens with zero attached hydrogens (tertiary/aromatic N) is 1. The van der Waals surface area contributed by atoms with Gasteiger partial charge in [0.25, 0.3) is 0 Å². The van der Waals surface area contributed by atoms with Gasteiger partial charge in [-0.2, -0.15) is 5.26 Å². The molecule has 108 valence electrons. The number of rotatable bonds is 6. The Morgan fingerprint density at radius 1 is 1.10 bits per heavy atom. The van der Waals surface area contributed by atoms with Gasteiger partial charge in [0.15, 0.2) is 11.5 Å². The van der Waals surface area contributed by atoms with Crippen LogP contribution in [0.15, 0.2) is 42.5 Å². The van der Waals surface area contributed by atoms with Crippen LogP contribution in [-0.4, -0.2) is 25.4 Å². The second-order valence-electron chi connectivity index (χ2n) is 4.21. The van der Waals surface area contributed by atoms with Crippen molar-refractivity contribution in [1.82, 2.24) is 0 Å². The molecule has 0 aliphatic rings. The lowest BCUT2D eigenvalue weighted by Gasteiger charge is -2.10. The number of hydrogen-bond donors (Lipinski definition) is 1. The first-order valence-electron chi connectivity index (χ1n) is 6.35. The predicted octanol–water partition coefficient (Wildman–Crippen LogP) is 3.08. The number of nitriles is 1. The van der Waals surface area contributed by atoms with Crippen LogP contribution < -0.4 is 9.47 Å². The number of phenolic OH excluding ortho intramolecular Hbond substituents is 1. The van der Waals surface area contributed by atoms with Gasteiger partial charge in [-0.05, 0) is 24.3 Å². The summed E-state index contributed by atoms with van der Waals surface area (Å²) in [4.78, 5) is 0. The molecule has 2 aromatic rings. The molecule has 2 rings (SSSR count). The molecule has 0 heterocycles. The average molecular weight is 285 g/mol.